The van der Waals surface area contributed by atoms with E-state index in [0.29, 0.717) is 16.9 Å². The molecule has 0 saturated carbocycles. The summed E-state index contributed by atoms with van der Waals surface area (Å²) in [5.41, 5.74) is 0.492. The van der Waals surface area contributed by atoms with E-state index in [2.05, 4.69) is 0 Å². The molecular formula is C22H22N2O5. The molecule has 2 rings (SSSR count). The van der Waals surface area contributed by atoms with Crippen LogP contribution < -0.4 is 9.47 Å². The summed E-state index contributed by atoms with van der Waals surface area (Å²) in [5.74, 6) is 0.413. The number of carbonyl (C=O) groups is 1. The van der Waals surface area contributed by atoms with Crippen molar-refractivity contribution < 1.29 is 19.2 Å². The van der Waals surface area contributed by atoms with Gasteiger partial charge in [0.25, 0.3) is 0 Å². The number of hydrogen-bond donors (Lipinski definition) is 0. The van der Waals surface area contributed by atoms with Crippen LogP contribution in [0.25, 0.3) is 6.08 Å². The van der Waals surface area contributed by atoms with Crippen LogP contribution in [0, 0.1) is 26.9 Å². The quantitative estimate of drug-likeness (QED) is 0.292. The van der Waals surface area contributed by atoms with Crippen molar-refractivity contribution >= 4 is 17.5 Å². The van der Waals surface area contributed by atoms with Crippen molar-refractivity contribution in [1.82, 2.24) is 0 Å². The van der Waals surface area contributed by atoms with E-state index in [4.69, 9.17) is 9.47 Å². The van der Waals surface area contributed by atoms with Gasteiger partial charge in [-0.3, -0.25) is 14.9 Å². The molecule has 0 unspecified atom stereocenters. The maximum atomic E-state index is 12.4. The lowest BCUT2D eigenvalue weighted by Gasteiger charge is -2.15. The third kappa shape index (κ3) is 5.42. The molecule has 2 aromatic rings. The number of ether oxygens (including phenoxy) is 2. The van der Waals surface area contributed by atoms with Crippen molar-refractivity contribution in [1.29, 1.82) is 5.26 Å². The molecule has 0 N–H and O–H groups in total. The van der Waals surface area contributed by atoms with Gasteiger partial charge in [-0.05, 0) is 29.8 Å². The molecule has 0 fully saturated rings. The molecule has 0 saturated heterocycles. The fourth-order valence-corrected chi connectivity index (χ4v) is 2.61. The van der Waals surface area contributed by atoms with E-state index < -0.39 is 10.3 Å². The van der Waals surface area contributed by atoms with Crippen molar-refractivity contribution in [2.24, 2.45) is 5.41 Å². The highest BCUT2D eigenvalue weighted by atomic mass is 16.6. The second kappa shape index (κ2) is 9.02. The lowest BCUT2D eigenvalue weighted by Crippen LogP contribution is -2.21. The molecule has 0 radical (unpaired) electrons. The van der Waals surface area contributed by atoms with Crippen LogP contribution in [0.1, 0.15) is 31.9 Å². The minimum absolute atomic E-state index is 0.0187. The van der Waals surface area contributed by atoms with Crippen LogP contribution in [0.15, 0.2) is 48.0 Å². The monoisotopic (exact) mass is 394 g/mol. The topological polar surface area (TPSA) is 102 Å². The molecule has 7 heteroatoms. The standard InChI is InChI=1S/C22H22N2O5/c1-22(2,3)21(25)16(13-23)11-15-9-10-19(28-4)17(12-15)14-29-20-8-6-5-7-18(20)24(26)27/h5-12H,14H2,1-4H3. The number of allylic oxidation sites excluding steroid dienone is 1. The van der Waals surface area contributed by atoms with E-state index in [9.17, 15) is 20.2 Å². The van der Waals surface area contributed by atoms with E-state index in [-0.39, 0.29) is 29.4 Å². The molecule has 0 aromatic heterocycles. The zero-order valence-corrected chi connectivity index (χ0v) is 16.8. The lowest BCUT2D eigenvalue weighted by molar-refractivity contribution is -0.385. The Labute approximate surface area is 169 Å². The summed E-state index contributed by atoms with van der Waals surface area (Å²) in [7, 11) is 1.50. The molecule has 2 aromatic carbocycles. The van der Waals surface area contributed by atoms with E-state index in [1.165, 1.54) is 25.3 Å². The number of nitro groups is 1. The number of nitriles is 1. The van der Waals surface area contributed by atoms with Gasteiger partial charge in [0.15, 0.2) is 11.5 Å². The van der Waals surface area contributed by atoms with Gasteiger partial charge in [0.1, 0.15) is 18.4 Å². The number of nitrogens with zero attached hydrogens (tertiary/aromatic N) is 2. The number of ketones is 1. The smallest absolute Gasteiger partial charge is 0.310 e. The number of methoxy groups -OCH3 is 1. The van der Waals surface area contributed by atoms with Gasteiger partial charge in [-0.1, -0.05) is 39.0 Å². The molecule has 7 nitrogen and oxygen atoms in total. The third-order valence-electron chi connectivity index (χ3n) is 4.11. The number of benzene rings is 2. The largest absolute Gasteiger partial charge is 0.496 e. The Hall–Kier alpha value is -3.66. The molecule has 0 amide bonds. The first kappa shape index (κ1) is 21.6. The van der Waals surface area contributed by atoms with Crippen LogP contribution in [0.4, 0.5) is 5.69 Å². The zero-order chi connectivity index (χ0) is 21.6. The Morgan fingerprint density at radius 3 is 2.48 bits per heavy atom. The SMILES string of the molecule is COc1ccc(C=C(C#N)C(=O)C(C)(C)C)cc1COc1ccccc1[N+](=O)[O-]. The number of rotatable bonds is 7. The number of para-hydroxylation sites is 2. The van der Waals surface area contributed by atoms with Crippen LogP contribution >= 0.6 is 0 Å². The first-order chi connectivity index (χ1) is 13.7. The molecular weight excluding hydrogens is 372 g/mol. The van der Waals surface area contributed by atoms with Gasteiger partial charge in [0.05, 0.1) is 17.6 Å². The van der Waals surface area contributed by atoms with Crippen molar-refractivity contribution in [3.63, 3.8) is 0 Å². The van der Waals surface area contributed by atoms with Gasteiger partial charge in [0, 0.05) is 17.0 Å². The minimum atomic E-state index is -0.674. The molecule has 150 valence electrons. The van der Waals surface area contributed by atoms with E-state index in [0.717, 1.165) is 0 Å². The predicted octanol–water partition coefficient (Wildman–Crippen LogP) is 4.70. The van der Waals surface area contributed by atoms with E-state index >= 15 is 0 Å². The Morgan fingerprint density at radius 1 is 1.21 bits per heavy atom. The summed E-state index contributed by atoms with van der Waals surface area (Å²) in [6, 6.07) is 13.2. The van der Waals surface area contributed by atoms with Gasteiger partial charge in [0.2, 0.25) is 0 Å². The summed E-state index contributed by atoms with van der Waals surface area (Å²) in [6.07, 6.45) is 1.52. The van der Waals surface area contributed by atoms with Crippen LogP contribution in [-0.4, -0.2) is 17.8 Å². The summed E-state index contributed by atoms with van der Waals surface area (Å²) < 4.78 is 11.0. The molecule has 0 aliphatic carbocycles. The van der Waals surface area contributed by atoms with Crippen LogP contribution in [0.5, 0.6) is 11.5 Å². The first-order valence-electron chi connectivity index (χ1n) is 8.87. The van der Waals surface area contributed by atoms with Crippen molar-refractivity contribution in [2.45, 2.75) is 27.4 Å². The maximum Gasteiger partial charge on any atom is 0.310 e. The van der Waals surface area contributed by atoms with Gasteiger partial charge in [-0.15, -0.1) is 0 Å². The molecule has 0 heterocycles. The number of nitro benzene ring substituents is 1. The first-order valence-corrected chi connectivity index (χ1v) is 8.87. The highest BCUT2D eigenvalue weighted by Gasteiger charge is 2.25. The zero-order valence-electron chi connectivity index (χ0n) is 16.8. The Kier molecular flexibility index (Phi) is 6.73. The summed E-state index contributed by atoms with van der Waals surface area (Å²) in [5, 5.41) is 20.5. The predicted molar refractivity (Wildman–Crippen MR) is 108 cm³/mol. The second-order valence-corrected chi connectivity index (χ2v) is 7.33. The third-order valence-corrected chi connectivity index (χ3v) is 4.11. The van der Waals surface area contributed by atoms with Gasteiger partial charge < -0.3 is 9.47 Å². The lowest BCUT2D eigenvalue weighted by atomic mass is 9.86. The fraction of sp³-hybridized carbons (Fsp3) is 0.273. The number of carbonyl (C=O) groups excluding carboxylic acids is 1. The van der Waals surface area contributed by atoms with Crippen molar-refractivity contribution in [2.75, 3.05) is 7.11 Å². The molecule has 0 spiro atoms. The average molecular weight is 394 g/mol. The molecule has 0 aliphatic heterocycles. The van der Waals surface area contributed by atoms with Gasteiger partial charge in [-0.2, -0.15) is 5.26 Å². The summed E-state index contributed by atoms with van der Waals surface area (Å²) in [4.78, 5) is 23.0. The fourth-order valence-electron chi connectivity index (χ4n) is 2.61. The number of Topliss-reactive ketones (excluding diaryl/α,β-unsaturated/α-hetero) is 1. The highest BCUT2D eigenvalue weighted by molar-refractivity contribution is 6.06. The summed E-state index contributed by atoms with van der Waals surface area (Å²) in [6.45, 7) is 5.27. The highest BCUT2D eigenvalue weighted by Crippen LogP contribution is 2.29. The van der Waals surface area contributed by atoms with E-state index in [1.54, 1.807) is 51.1 Å². The van der Waals surface area contributed by atoms with Gasteiger partial charge in [-0.25, -0.2) is 0 Å². The van der Waals surface area contributed by atoms with E-state index in [1.807, 2.05) is 6.07 Å². The minimum Gasteiger partial charge on any atom is -0.496 e. The molecule has 0 aliphatic rings. The maximum absolute atomic E-state index is 12.4. The average Bonchev–Trinajstić information content (AvgIpc) is 2.69. The van der Waals surface area contributed by atoms with Crippen molar-refractivity contribution in [3.8, 4) is 17.6 Å². The van der Waals surface area contributed by atoms with Crippen LogP contribution in [-0.2, 0) is 11.4 Å². The normalized spacial score (nSPS) is 11.5. The Bertz CT molecular complexity index is 997. The van der Waals surface area contributed by atoms with Crippen LogP contribution in [0.3, 0.4) is 0 Å². The number of hydrogen-bond acceptors (Lipinski definition) is 6. The van der Waals surface area contributed by atoms with Crippen molar-refractivity contribution in [3.05, 3.63) is 69.3 Å². The molecule has 29 heavy (non-hydrogen) atoms. The second-order valence-electron chi connectivity index (χ2n) is 7.33. The van der Waals surface area contributed by atoms with Crippen LogP contribution in [0.2, 0.25) is 0 Å². The molecule has 0 atom stereocenters. The van der Waals surface area contributed by atoms with Gasteiger partial charge >= 0.3 is 5.69 Å². The summed E-state index contributed by atoms with van der Waals surface area (Å²) >= 11 is 0. The molecule has 0 bridgehead atoms. The Morgan fingerprint density at radius 2 is 1.90 bits per heavy atom. The Balaban J connectivity index is 2.35.